The molecule has 1 saturated heterocycles. The second-order valence-corrected chi connectivity index (χ2v) is 7.33. The third-order valence-electron chi connectivity index (χ3n) is 4.88. The number of likely N-dealkylation sites (N-methyl/N-ethyl adjacent to an activating group) is 1. The largest absolute Gasteiger partial charge is 0.369 e. The second kappa shape index (κ2) is 9.97. The fourth-order valence-corrected chi connectivity index (χ4v) is 3.25. The van der Waals surface area contributed by atoms with Crippen LogP contribution in [0.2, 0.25) is 5.02 Å². The molecule has 1 amide bonds. The number of carbonyl (C=O) groups excluding carboxylic acids is 1. The highest BCUT2D eigenvalue weighted by Gasteiger charge is 2.14. The number of nitrogens with zero attached hydrogens (tertiary/aromatic N) is 3. The van der Waals surface area contributed by atoms with Crippen molar-refractivity contribution >= 4 is 28.9 Å². The Bertz CT molecular complexity index is 912. The van der Waals surface area contributed by atoms with E-state index in [0.29, 0.717) is 5.02 Å². The lowest BCUT2D eigenvalue weighted by Gasteiger charge is -2.34. The summed E-state index contributed by atoms with van der Waals surface area (Å²) in [5, 5.41) is 15.6. The van der Waals surface area contributed by atoms with Crippen molar-refractivity contribution in [3.05, 3.63) is 70.9 Å². The Balaban J connectivity index is 1.56. The van der Waals surface area contributed by atoms with Gasteiger partial charge in [0.25, 0.3) is 5.91 Å². The van der Waals surface area contributed by atoms with Crippen molar-refractivity contribution in [3.8, 4) is 6.07 Å². The van der Waals surface area contributed by atoms with Crippen molar-refractivity contribution in [2.24, 2.45) is 0 Å². The number of carbonyl (C=O) groups is 1. The van der Waals surface area contributed by atoms with E-state index in [1.165, 1.54) is 11.9 Å². The number of nitrogens with one attached hydrogen (secondary N) is 2. The monoisotopic (exact) mass is 409 g/mol. The van der Waals surface area contributed by atoms with E-state index < -0.39 is 5.91 Å². The molecule has 2 N–H and O–H groups in total. The van der Waals surface area contributed by atoms with Crippen LogP contribution in [0.25, 0.3) is 0 Å². The van der Waals surface area contributed by atoms with Crippen LogP contribution < -0.4 is 15.5 Å². The van der Waals surface area contributed by atoms with Gasteiger partial charge in [0.15, 0.2) is 0 Å². The van der Waals surface area contributed by atoms with Gasteiger partial charge in [-0.1, -0.05) is 29.8 Å². The minimum atomic E-state index is -0.450. The highest BCUT2D eigenvalue weighted by Crippen LogP contribution is 2.19. The number of benzene rings is 2. The molecule has 1 aliphatic heterocycles. The Labute approximate surface area is 176 Å². The van der Waals surface area contributed by atoms with Crippen LogP contribution in [0.5, 0.6) is 0 Å². The van der Waals surface area contributed by atoms with Crippen molar-refractivity contribution in [3.63, 3.8) is 0 Å². The van der Waals surface area contributed by atoms with Gasteiger partial charge < -0.3 is 20.4 Å². The summed E-state index contributed by atoms with van der Waals surface area (Å²) in [7, 11) is 2.13. The predicted molar refractivity (Wildman–Crippen MR) is 117 cm³/mol. The lowest BCUT2D eigenvalue weighted by atomic mass is 10.2. The van der Waals surface area contributed by atoms with E-state index in [0.717, 1.165) is 37.4 Å². The molecule has 7 heteroatoms. The average molecular weight is 410 g/mol. The Morgan fingerprint density at radius 2 is 1.83 bits per heavy atom. The number of amides is 1. The van der Waals surface area contributed by atoms with E-state index >= 15 is 0 Å². The third kappa shape index (κ3) is 5.74. The smallest absolute Gasteiger partial charge is 0.263 e. The Morgan fingerprint density at radius 3 is 2.48 bits per heavy atom. The van der Waals surface area contributed by atoms with Crippen LogP contribution in [0.15, 0.2) is 60.3 Å². The number of hydrogen-bond acceptors (Lipinski definition) is 5. The van der Waals surface area contributed by atoms with Gasteiger partial charge in [0.2, 0.25) is 0 Å². The van der Waals surface area contributed by atoms with Gasteiger partial charge >= 0.3 is 0 Å². The standard InChI is InChI=1S/C22H24ClN5O/c1-27-10-12-28(13-11-27)20-8-6-19(7-9-20)25-16-18(14-24)22(29)26-15-17-4-2-3-5-21(17)23/h2-9,16,25H,10-13,15H2,1H3,(H,26,29)/b18-16-. The zero-order valence-corrected chi connectivity index (χ0v) is 17.1. The molecule has 0 aliphatic carbocycles. The van der Waals surface area contributed by atoms with Gasteiger partial charge in [-0.15, -0.1) is 0 Å². The first-order valence-electron chi connectivity index (χ1n) is 9.49. The third-order valence-corrected chi connectivity index (χ3v) is 5.25. The van der Waals surface area contributed by atoms with Gasteiger partial charge in [-0.25, -0.2) is 0 Å². The summed E-state index contributed by atoms with van der Waals surface area (Å²) in [5.41, 5.74) is 2.78. The summed E-state index contributed by atoms with van der Waals surface area (Å²) in [6, 6.07) is 17.2. The quantitative estimate of drug-likeness (QED) is 0.566. The normalized spacial score (nSPS) is 14.9. The van der Waals surface area contributed by atoms with E-state index in [2.05, 4.69) is 27.5 Å². The summed E-state index contributed by atoms with van der Waals surface area (Å²) in [6.45, 7) is 4.38. The SMILES string of the molecule is CN1CCN(c2ccc(N/C=C(/C#N)C(=O)NCc3ccccc3Cl)cc2)CC1. The van der Waals surface area contributed by atoms with Crippen molar-refractivity contribution in [1.82, 2.24) is 10.2 Å². The van der Waals surface area contributed by atoms with Crippen LogP contribution in [-0.2, 0) is 11.3 Å². The molecule has 0 saturated carbocycles. The molecule has 0 aromatic heterocycles. The fraction of sp³-hybridized carbons (Fsp3) is 0.273. The zero-order valence-electron chi connectivity index (χ0n) is 16.4. The van der Waals surface area contributed by atoms with E-state index in [4.69, 9.17) is 11.6 Å². The predicted octanol–water partition coefficient (Wildman–Crippen LogP) is 3.23. The van der Waals surface area contributed by atoms with Gasteiger partial charge in [0.1, 0.15) is 11.6 Å². The molecular weight excluding hydrogens is 386 g/mol. The van der Waals surface area contributed by atoms with Crippen LogP contribution in [0.3, 0.4) is 0 Å². The first-order chi connectivity index (χ1) is 14.1. The maximum atomic E-state index is 12.3. The molecule has 29 heavy (non-hydrogen) atoms. The van der Waals surface area contributed by atoms with Crippen molar-refractivity contribution < 1.29 is 4.79 Å². The molecule has 0 radical (unpaired) electrons. The lowest BCUT2D eigenvalue weighted by molar-refractivity contribution is -0.117. The number of hydrogen-bond donors (Lipinski definition) is 2. The molecule has 6 nitrogen and oxygen atoms in total. The Hall–Kier alpha value is -3.01. The molecule has 1 heterocycles. The van der Waals surface area contributed by atoms with Crippen LogP contribution in [0.4, 0.5) is 11.4 Å². The summed E-state index contributed by atoms with van der Waals surface area (Å²) in [6.07, 6.45) is 1.42. The van der Waals surface area contributed by atoms with Gasteiger partial charge in [0, 0.05) is 55.3 Å². The van der Waals surface area contributed by atoms with E-state index in [1.807, 2.05) is 48.5 Å². The number of anilines is 2. The number of rotatable bonds is 6. The molecule has 0 spiro atoms. The van der Waals surface area contributed by atoms with Crippen LogP contribution in [0.1, 0.15) is 5.56 Å². The first kappa shape index (κ1) is 20.7. The number of halogens is 1. The van der Waals surface area contributed by atoms with E-state index in [9.17, 15) is 10.1 Å². The molecule has 0 unspecified atom stereocenters. The van der Waals surface area contributed by atoms with Gasteiger partial charge in [-0.2, -0.15) is 5.26 Å². The summed E-state index contributed by atoms with van der Waals surface area (Å²) >= 11 is 6.09. The first-order valence-corrected chi connectivity index (χ1v) is 9.86. The molecule has 2 aromatic carbocycles. The molecule has 2 aromatic rings. The van der Waals surface area contributed by atoms with Crippen molar-refractivity contribution in [2.45, 2.75) is 6.54 Å². The average Bonchev–Trinajstić information content (AvgIpc) is 2.74. The second-order valence-electron chi connectivity index (χ2n) is 6.93. The fourth-order valence-electron chi connectivity index (χ4n) is 3.05. The van der Waals surface area contributed by atoms with Gasteiger partial charge in [0.05, 0.1) is 0 Å². The Morgan fingerprint density at radius 1 is 1.14 bits per heavy atom. The van der Waals surface area contributed by atoms with E-state index in [1.54, 1.807) is 6.07 Å². The minimum absolute atomic E-state index is 0.000183. The summed E-state index contributed by atoms with van der Waals surface area (Å²) in [5.74, 6) is -0.450. The summed E-state index contributed by atoms with van der Waals surface area (Å²) in [4.78, 5) is 16.9. The van der Waals surface area contributed by atoms with E-state index in [-0.39, 0.29) is 12.1 Å². The van der Waals surface area contributed by atoms with Crippen LogP contribution in [0, 0.1) is 11.3 Å². The Kier molecular flexibility index (Phi) is 7.12. The maximum absolute atomic E-state index is 12.3. The maximum Gasteiger partial charge on any atom is 0.263 e. The van der Waals surface area contributed by atoms with Crippen LogP contribution in [-0.4, -0.2) is 44.0 Å². The molecule has 0 bridgehead atoms. The highest BCUT2D eigenvalue weighted by molar-refractivity contribution is 6.31. The molecule has 1 fully saturated rings. The topological polar surface area (TPSA) is 71.4 Å². The lowest BCUT2D eigenvalue weighted by Crippen LogP contribution is -2.44. The summed E-state index contributed by atoms with van der Waals surface area (Å²) < 4.78 is 0. The van der Waals surface area contributed by atoms with Crippen molar-refractivity contribution in [1.29, 1.82) is 5.26 Å². The van der Waals surface area contributed by atoms with Gasteiger partial charge in [-0.05, 0) is 42.9 Å². The van der Waals surface area contributed by atoms with Gasteiger partial charge in [-0.3, -0.25) is 4.79 Å². The van der Waals surface area contributed by atoms with Crippen molar-refractivity contribution in [2.75, 3.05) is 43.4 Å². The molecule has 1 aliphatic rings. The molecular formula is C22H24ClN5O. The highest BCUT2D eigenvalue weighted by atomic mass is 35.5. The van der Waals surface area contributed by atoms with Crippen LogP contribution >= 0.6 is 11.6 Å². The molecule has 0 atom stereocenters. The zero-order chi connectivity index (χ0) is 20.6. The number of nitriles is 1. The molecule has 150 valence electrons. The number of piperazine rings is 1. The molecule has 3 rings (SSSR count). The minimum Gasteiger partial charge on any atom is -0.369 e.